The van der Waals surface area contributed by atoms with Crippen LogP contribution in [-0.2, 0) is 46.3 Å². The normalized spacial score (nSPS) is 22.4. The Morgan fingerprint density at radius 2 is 2.00 bits per heavy atom. The summed E-state index contributed by atoms with van der Waals surface area (Å²) in [4.78, 5) is 38.1. The van der Waals surface area contributed by atoms with E-state index in [1.54, 1.807) is 36.6 Å². The minimum absolute atomic E-state index is 0.0194. The average Bonchev–Trinajstić information content (AvgIpc) is 3.24. The van der Waals surface area contributed by atoms with Crippen LogP contribution in [0.1, 0.15) is 10.4 Å². The van der Waals surface area contributed by atoms with Gasteiger partial charge in [0.15, 0.2) is 17.5 Å². The number of carboxylic acids is 1. The zero-order chi connectivity index (χ0) is 23.9. The first-order valence-electron chi connectivity index (χ1n) is 9.58. The second kappa shape index (κ2) is 8.82. The number of hydrogen-bond acceptors (Lipinski definition) is 8. The smallest absolute Gasteiger partial charge is 0.356 e. The van der Waals surface area contributed by atoms with Crippen molar-refractivity contribution < 1.29 is 36.6 Å². The summed E-state index contributed by atoms with van der Waals surface area (Å²) in [7, 11) is -4.42. The van der Waals surface area contributed by atoms with E-state index in [0.717, 1.165) is 15.3 Å². The Labute approximate surface area is 196 Å². The van der Waals surface area contributed by atoms with Crippen LogP contribution in [0.3, 0.4) is 0 Å². The number of carboxylic acid groups (broad SMARTS) is 1. The Morgan fingerprint density at radius 1 is 1.30 bits per heavy atom. The predicted octanol–water partition coefficient (Wildman–Crippen LogP) is 0.716. The van der Waals surface area contributed by atoms with Crippen molar-refractivity contribution in [3.8, 4) is 0 Å². The number of nitrogens with zero attached hydrogens (tertiary/aromatic N) is 1. The minimum atomic E-state index is -4.42. The summed E-state index contributed by atoms with van der Waals surface area (Å²) in [5, 5.41) is 12.8. The van der Waals surface area contributed by atoms with Gasteiger partial charge < -0.3 is 19.2 Å². The third kappa shape index (κ3) is 4.49. The van der Waals surface area contributed by atoms with Crippen LogP contribution in [0.25, 0.3) is 0 Å². The van der Waals surface area contributed by atoms with E-state index >= 15 is 0 Å². The molecule has 174 valence electrons. The van der Waals surface area contributed by atoms with Gasteiger partial charge >= 0.3 is 16.1 Å². The lowest BCUT2D eigenvalue weighted by Gasteiger charge is -2.48. The maximum Gasteiger partial charge on any atom is 0.356 e. The van der Waals surface area contributed by atoms with Crippen LogP contribution in [0.4, 0.5) is 0 Å². The fraction of sp³-hybridized carbons (Fsp3) is 0.250. The number of hydrogen-bond donors (Lipinski definition) is 2. The van der Waals surface area contributed by atoms with Crippen LogP contribution in [0.15, 0.2) is 58.1 Å². The number of carbonyl (C=O) groups is 3. The van der Waals surface area contributed by atoms with Crippen molar-refractivity contribution in [1.29, 1.82) is 0 Å². The van der Waals surface area contributed by atoms with Gasteiger partial charge in [0, 0.05) is 4.88 Å². The largest absolute Gasteiger partial charge is 0.614 e. The summed E-state index contributed by atoms with van der Waals surface area (Å²) in [6.45, 7) is 1.76. The highest BCUT2D eigenvalue weighted by atomic mass is 32.2. The molecular weight excluding hydrogens is 492 g/mol. The number of thiophene rings is 1. The molecule has 0 radical (unpaired) electrons. The van der Waals surface area contributed by atoms with Crippen LogP contribution in [0.5, 0.6) is 0 Å². The fourth-order valence-electron chi connectivity index (χ4n) is 3.49. The Balaban J connectivity index is 1.57. The first-order chi connectivity index (χ1) is 15.6. The quantitative estimate of drug-likeness (QED) is 0.314. The molecule has 3 atom stereocenters. The number of aliphatic carboxylic acids is 1. The summed E-state index contributed by atoms with van der Waals surface area (Å²) < 4.78 is 43.1. The van der Waals surface area contributed by atoms with Crippen molar-refractivity contribution in [1.82, 2.24) is 10.2 Å². The van der Waals surface area contributed by atoms with Crippen molar-refractivity contribution in [2.75, 3.05) is 5.75 Å². The second-order valence-electron chi connectivity index (χ2n) is 7.35. The van der Waals surface area contributed by atoms with Crippen molar-refractivity contribution in [2.45, 2.75) is 29.7 Å². The van der Waals surface area contributed by atoms with E-state index in [9.17, 15) is 32.5 Å². The van der Waals surface area contributed by atoms with Gasteiger partial charge in [-0.1, -0.05) is 23.8 Å². The van der Waals surface area contributed by atoms with Crippen LogP contribution in [0.2, 0.25) is 0 Å². The molecule has 2 unspecified atom stereocenters. The molecule has 2 aliphatic rings. The van der Waals surface area contributed by atoms with E-state index in [4.69, 9.17) is 4.18 Å². The maximum absolute atomic E-state index is 12.8. The molecule has 1 aromatic heterocycles. The fourth-order valence-corrected chi connectivity index (χ4v) is 6.79. The van der Waals surface area contributed by atoms with Gasteiger partial charge in [-0.3, -0.25) is 14.5 Å². The molecule has 1 fully saturated rings. The van der Waals surface area contributed by atoms with Crippen LogP contribution >= 0.6 is 11.3 Å². The number of rotatable bonds is 7. The molecule has 2 aliphatic heterocycles. The summed E-state index contributed by atoms with van der Waals surface area (Å²) in [6, 6.07) is 8.02. The molecule has 0 spiro atoms. The van der Waals surface area contributed by atoms with Crippen LogP contribution < -0.4 is 5.32 Å². The number of benzene rings is 1. The number of nitrogens with one attached hydrogen (secondary N) is 1. The van der Waals surface area contributed by atoms with E-state index in [1.807, 2.05) is 0 Å². The molecule has 4 rings (SSSR count). The molecule has 33 heavy (non-hydrogen) atoms. The number of fused-ring (bicyclic) bond motifs is 1. The lowest BCUT2D eigenvalue weighted by molar-refractivity contribution is -0.151. The van der Waals surface area contributed by atoms with Crippen molar-refractivity contribution in [3.63, 3.8) is 0 Å². The number of β-lactam (4-membered cyclic amide) rings is 1. The monoisotopic (exact) mass is 510 g/mol. The highest BCUT2D eigenvalue weighted by Gasteiger charge is 2.62. The van der Waals surface area contributed by atoms with E-state index in [-0.39, 0.29) is 11.3 Å². The Morgan fingerprint density at radius 3 is 2.61 bits per heavy atom. The topological polar surface area (TPSA) is 153 Å². The van der Waals surface area contributed by atoms with Gasteiger partial charge in [0.05, 0.1) is 6.42 Å². The molecule has 0 aliphatic carbocycles. The molecule has 1 aromatic carbocycles. The highest BCUT2D eigenvalue weighted by molar-refractivity contribution is 7.92. The maximum atomic E-state index is 12.8. The SMILES string of the molecule is Cc1ccc(S(=O)(=O)OC2=C(C(=O)O)N3C(=O)C(NC(=O)Cc4cccs4)[C@@H]3[S+]([O-])C2)cc1. The lowest BCUT2D eigenvalue weighted by Crippen LogP contribution is -2.75. The van der Waals surface area contributed by atoms with Crippen molar-refractivity contribution >= 4 is 50.4 Å². The molecule has 10 nitrogen and oxygen atoms in total. The predicted molar refractivity (Wildman–Crippen MR) is 118 cm³/mol. The van der Waals surface area contributed by atoms with Gasteiger partial charge in [-0.25, -0.2) is 4.79 Å². The first kappa shape index (κ1) is 23.3. The summed E-state index contributed by atoms with van der Waals surface area (Å²) in [6.07, 6.45) is 0.0194. The van der Waals surface area contributed by atoms with E-state index in [2.05, 4.69) is 5.32 Å². The van der Waals surface area contributed by atoms with E-state index in [1.165, 1.54) is 23.5 Å². The van der Waals surface area contributed by atoms with Crippen molar-refractivity contribution in [2.24, 2.45) is 0 Å². The third-order valence-corrected chi connectivity index (χ3v) is 8.76. The molecule has 0 saturated carbocycles. The zero-order valence-corrected chi connectivity index (χ0v) is 19.5. The average molecular weight is 511 g/mol. The summed E-state index contributed by atoms with van der Waals surface area (Å²) in [5.74, 6) is -4.04. The molecular formula is C20H18N2O8S3. The van der Waals surface area contributed by atoms with E-state index in [0.29, 0.717) is 0 Å². The molecule has 2 N–H and O–H groups in total. The van der Waals surface area contributed by atoms with Crippen LogP contribution in [-0.4, -0.2) is 57.9 Å². The molecule has 0 bridgehead atoms. The minimum Gasteiger partial charge on any atom is -0.614 e. The second-order valence-corrected chi connectivity index (χ2v) is 11.5. The lowest BCUT2D eigenvalue weighted by atomic mass is 10.0. The Bertz CT molecular complexity index is 1240. The molecule has 2 amide bonds. The van der Waals surface area contributed by atoms with Gasteiger partial charge in [-0.2, -0.15) is 8.42 Å². The summed E-state index contributed by atoms with van der Waals surface area (Å²) >= 11 is -0.552. The molecule has 2 aromatic rings. The standard InChI is InChI=1S/C20H18N2O8S3/c1-11-4-6-13(7-5-11)33(28,29)30-14-10-32(27)19-16(18(24)22(19)17(14)20(25)26)21-15(23)9-12-3-2-8-31-12/h2-8,16,19H,9-10H2,1H3,(H,21,23)(H,25,26)/t16?,19-,32?/m0/s1. The van der Waals surface area contributed by atoms with Gasteiger partial charge in [0.25, 0.3) is 5.91 Å². The summed E-state index contributed by atoms with van der Waals surface area (Å²) in [5.41, 5.74) is 0.100. The Hall–Kier alpha value is -2.87. The molecule has 13 heteroatoms. The van der Waals surface area contributed by atoms with Crippen LogP contribution in [0, 0.1) is 6.92 Å². The van der Waals surface area contributed by atoms with Gasteiger partial charge in [0.2, 0.25) is 17.0 Å². The van der Waals surface area contributed by atoms with Gasteiger partial charge in [0.1, 0.15) is 4.90 Å². The highest BCUT2D eigenvalue weighted by Crippen LogP contribution is 2.38. The number of carbonyl (C=O) groups excluding carboxylic acids is 2. The van der Waals surface area contributed by atoms with Crippen molar-refractivity contribution in [3.05, 3.63) is 63.7 Å². The number of aryl methyl sites for hydroxylation is 1. The Kier molecular flexibility index (Phi) is 6.22. The first-order valence-corrected chi connectivity index (χ1v) is 13.2. The van der Waals surface area contributed by atoms with Gasteiger partial charge in [-0.15, -0.1) is 11.3 Å². The van der Waals surface area contributed by atoms with E-state index < -0.39 is 67.7 Å². The number of amides is 2. The molecule has 1 saturated heterocycles. The third-order valence-electron chi connectivity index (χ3n) is 5.04. The van der Waals surface area contributed by atoms with Gasteiger partial charge in [-0.05, 0) is 41.7 Å². The molecule has 3 heterocycles. The zero-order valence-electron chi connectivity index (χ0n) is 17.1.